The van der Waals surface area contributed by atoms with Crippen molar-refractivity contribution in [2.75, 3.05) is 0 Å². The SMILES string of the molecule is O=C(O)C1(c2cccc(S)c2)CCC1. The van der Waals surface area contributed by atoms with E-state index in [0.29, 0.717) is 0 Å². The zero-order valence-corrected chi connectivity index (χ0v) is 8.63. The number of rotatable bonds is 2. The Morgan fingerprint density at radius 1 is 1.43 bits per heavy atom. The van der Waals surface area contributed by atoms with Crippen molar-refractivity contribution in [3.63, 3.8) is 0 Å². The van der Waals surface area contributed by atoms with E-state index in [1.807, 2.05) is 24.3 Å². The quantitative estimate of drug-likeness (QED) is 0.733. The molecule has 0 aromatic heterocycles. The van der Waals surface area contributed by atoms with Gasteiger partial charge < -0.3 is 5.11 Å². The smallest absolute Gasteiger partial charge is 0.314 e. The lowest BCUT2D eigenvalue weighted by Gasteiger charge is -2.38. The number of carboxylic acid groups (broad SMARTS) is 1. The van der Waals surface area contributed by atoms with Crippen molar-refractivity contribution in [2.24, 2.45) is 0 Å². The Morgan fingerprint density at radius 2 is 2.14 bits per heavy atom. The van der Waals surface area contributed by atoms with Crippen LogP contribution in [0.2, 0.25) is 0 Å². The van der Waals surface area contributed by atoms with Gasteiger partial charge in [0, 0.05) is 4.90 Å². The number of carbonyl (C=O) groups is 1. The van der Waals surface area contributed by atoms with Gasteiger partial charge in [-0.25, -0.2) is 0 Å². The largest absolute Gasteiger partial charge is 0.481 e. The van der Waals surface area contributed by atoms with Crippen LogP contribution in [0.4, 0.5) is 0 Å². The molecule has 0 radical (unpaired) electrons. The number of hydrogen-bond donors (Lipinski definition) is 2. The lowest BCUT2D eigenvalue weighted by molar-refractivity contribution is -0.147. The average molecular weight is 208 g/mol. The molecule has 0 bridgehead atoms. The lowest BCUT2D eigenvalue weighted by atomic mass is 9.64. The number of hydrogen-bond acceptors (Lipinski definition) is 2. The fourth-order valence-corrected chi connectivity index (χ4v) is 2.19. The molecule has 0 spiro atoms. The molecule has 74 valence electrons. The van der Waals surface area contributed by atoms with Crippen molar-refractivity contribution in [3.05, 3.63) is 29.8 Å². The number of carboxylic acids is 1. The molecule has 14 heavy (non-hydrogen) atoms. The van der Waals surface area contributed by atoms with Gasteiger partial charge >= 0.3 is 5.97 Å². The van der Waals surface area contributed by atoms with Crippen LogP contribution in [0.15, 0.2) is 29.2 Å². The molecule has 1 aromatic rings. The van der Waals surface area contributed by atoms with Crippen molar-refractivity contribution in [1.29, 1.82) is 0 Å². The minimum atomic E-state index is -0.706. The summed E-state index contributed by atoms with van der Waals surface area (Å²) in [5.74, 6) is -0.706. The summed E-state index contributed by atoms with van der Waals surface area (Å²) in [6.45, 7) is 0. The molecule has 1 aliphatic rings. The van der Waals surface area contributed by atoms with Crippen molar-refractivity contribution < 1.29 is 9.90 Å². The molecule has 1 aromatic carbocycles. The molecule has 0 unspecified atom stereocenters. The van der Waals surface area contributed by atoms with E-state index >= 15 is 0 Å². The summed E-state index contributed by atoms with van der Waals surface area (Å²) in [4.78, 5) is 12.0. The Balaban J connectivity index is 2.42. The molecule has 2 nitrogen and oxygen atoms in total. The normalized spacial score (nSPS) is 18.6. The van der Waals surface area contributed by atoms with Gasteiger partial charge in [-0.15, -0.1) is 12.6 Å². The third-order valence-corrected chi connectivity index (χ3v) is 3.29. The van der Waals surface area contributed by atoms with E-state index in [2.05, 4.69) is 12.6 Å². The van der Waals surface area contributed by atoms with Crippen molar-refractivity contribution in [3.8, 4) is 0 Å². The van der Waals surface area contributed by atoms with Crippen LogP contribution in [0.3, 0.4) is 0 Å². The Bertz CT molecular complexity index is 369. The summed E-state index contributed by atoms with van der Waals surface area (Å²) >= 11 is 4.22. The molecule has 0 aliphatic heterocycles. The van der Waals surface area contributed by atoms with E-state index in [-0.39, 0.29) is 0 Å². The fraction of sp³-hybridized carbons (Fsp3) is 0.364. The topological polar surface area (TPSA) is 37.3 Å². The second-order valence-electron chi connectivity index (χ2n) is 3.79. The van der Waals surface area contributed by atoms with Gasteiger partial charge in [0.25, 0.3) is 0 Å². The first kappa shape index (κ1) is 9.59. The predicted octanol–water partition coefficient (Wildman–Crippen LogP) is 2.48. The highest BCUT2D eigenvalue weighted by atomic mass is 32.1. The Kier molecular flexibility index (Phi) is 2.27. The zero-order chi connectivity index (χ0) is 10.2. The van der Waals surface area contributed by atoms with Gasteiger partial charge in [0.2, 0.25) is 0 Å². The minimum absolute atomic E-state index is 0.626. The summed E-state index contributed by atoms with van der Waals surface area (Å²) in [5, 5.41) is 9.20. The summed E-state index contributed by atoms with van der Waals surface area (Å²) < 4.78 is 0. The summed E-state index contributed by atoms with van der Waals surface area (Å²) in [6.07, 6.45) is 2.50. The summed E-state index contributed by atoms with van der Waals surface area (Å²) in [7, 11) is 0. The van der Waals surface area contributed by atoms with Gasteiger partial charge in [0.1, 0.15) is 0 Å². The molecular formula is C11H12O2S. The molecule has 0 saturated heterocycles. The van der Waals surface area contributed by atoms with Crippen molar-refractivity contribution >= 4 is 18.6 Å². The molecule has 0 atom stereocenters. The fourth-order valence-electron chi connectivity index (χ4n) is 1.96. The van der Waals surface area contributed by atoms with Crippen LogP contribution in [-0.2, 0) is 10.2 Å². The molecule has 2 rings (SSSR count). The van der Waals surface area contributed by atoms with E-state index in [1.165, 1.54) is 0 Å². The molecule has 0 heterocycles. The van der Waals surface area contributed by atoms with E-state index in [9.17, 15) is 9.90 Å². The van der Waals surface area contributed by atoms with Gasteiger partial charge in [0.05, 0.1) is 5.41 Å². The van der Waals surface area contributed by atoms with Crippen LogP contribution >= 0.6 is 12.6 Å². The van der Waals surface area contributed by atoms with Crippen LogP contribution in [0.5, 0.6) is 0 Å². The highest BCUT2D eigenvalue weighted by molar-refractivity contribution is 7.80. The second-order valence-corrected chi connectivity index (χ2v) is 4.31. The number of benzene rings is 1. The van der Waals surface area contributed by atoms with E-state index in [4.69, 9.17) is 0 Å². The number of thiol groups is 1. The molecule has 1 aliphatic carbocycles. The first-order valence-corrected chi connectivity index (χ1v) is 5.13. The average Bonchev–Trinajstić information content (AvgIpc) is 2.00. The zero-order valence-electron chi connectivity index (χ0n) is 7.73. The minimum Gasteiger partial charge on any atom is -0.481 e. The Morgan fingerprint density at radius 3 is 2.57 bits per heavy atom. The van der Waals surface area contributed by atoms with E-state index in [0.717, 1.165) is 29.7 Å². The van der Waals surface area contributed by atoms with Gasteiger partial charge in [0.15, 0.2) is 0 Å². The van der Waals surface area contributed by atoms with Gasteiger partial charge in [-0.3, -0.25) is 4.79 Å². The lowest BCUT2D eigenvalue weighted by Crippen LogP contribution is -2.42. The Labute approximate surface area is 88.4 Å². The van der Waals surface area contributed by atoms with Gasteiger partial charge in [-0.1, -0.05) is 18.6 Å². The third-order valence-electron chi connectivity index (χ3n) is 3.02. The first-order chi connectivity index (χ1) is 6.65. The third kappa shape index (κ3) is 1.32. The first-order valence-electron chi connectivity index (χ1n) is 4.68. The number of aliphatic carboxylic acids is 1. The Hall–Kier alpha value is -0.960. The van der Waals surface area contributed by atoms with Crippen LogP contribution in [0, 0.1) is 0 Å². The molecule has 1 fully saturated rings. The highest BCUT2D eigenvalue weighted by Gasteiger charge is 2.45. The summed E-state index contributed by atoms with van der Waals surface area (Å²) in [5.41, 5.74) is 0.266. The second kappa shape index (κ2) is 3.31. The summed E-state index contributed by atoms with van der Waals surface area (Å²) in [6, 6.07) is 7.46. The van der Waals surface area contributed by atoms with Gasteiger partial charge in [-0.2, -0.15) is 0 Å². The predicted molar refractivity (Wildman–Crippen MR) is 56.9 cm³/mol. The maximum Gasteiger partial charge on any atom is 0.314 e. The van der Waals surface area contributed by atoms with Crippen LogP contribution in [0.25, 0.3) is 0 Å². The molecule has 1 saturated carbocycles. The van der Waals surface area contributed by atoms with Crippen LogP contribution < -0.4 is 0 Å². The van der Waals surface area contributed by atoms with Gasteiger partial charge in [-0.05, 0) is 30.5 Å². The molecular weight excluding hydrogens is 196 g/mol. The van der Waals surface area contributed by atoms with Crippen molar-refractivity contribution in [1.82, 2.24) is 0 Å². The van der Waals surface area contributed by atoms with E-state index in [1.54, 1.807) is 0 Å². The van der Waals surface area contributed by atoms with Crippen LogP contribution in [-0.4, -0.2) is 11.1 Å². The standard InChI is InChI=1S/C11H12O2S/c12-10(13)11(5-2-6-11)8-3-1-4-9(14)7-8/h1,3-4,7,14H,2,5-6H2,(H,12,13). The van der Waals surface area contributed by atoms with Crippen molar-refractivity contribution in [2.45, 2.75) is 29.6 Å². The van der Waals surface area contributed by atoms with E-state index < -0.39 is 11.4 Å². The van der Waals surface area contributed by atoms with Crippen LogP contribution in [0.1, 0.15) is 24.8 Å². The molecule has 3 heteroatoms. The maximum atomic E-state index is 11.2. The molecule has 0 amide bonds. The highest BCUT2D eigenvalue weighted by Crippen LogP contribution is 2.44. The maximum absolute atomic E-state index is 11.2. The molecule has 1 N–H and O–H groups in total. The monoisotopic (exact) mass is 208 g/mol.